The molecule has 0 spiro atoms. The van der Waals surface area contributed by atoms with E-state index in [-0.39, 0.29) is 23.8 Å². The number of aromatic nitrogens is 1. The highest BCUT2D eigenvalue weighted by molar-refractivity contribution is 5.84. The summed E-state index contributed by atoms with van der Waals surface area (Å²) in [4.78, 5) is 10.5. The minimum atomic E-state index is -4.40. The van der Waals surface area contributed by atoms with Crippen molar-refractivity contribution in [3.63, 3.8) is 0 Å². The fraction of sp³-hybridized carbons (Fsp3) is 0.167. The van der Waals surface area contributed by atoms with E-state index >= 15 is 0 Å². The van der Waals surface area contributed by atoms with Gasteiger partial charge >= 0.3 is 12.1 Å². The molecule has 0 saturated heterocycles. The van der Waals surface area contributed by atoms with Gasteiger partial charge in [0.2, 0.25) is 5.76 Å². The summed E-state index contributed by atoms with van der Waals surface area (Å²) >= 11 is 0. The highest BCUT2D eigenvalue weighted by Gasteiger charge is 2.30. The van der Waals surface area contributed by atoms with Crippen molar-refractivity contribution in [3.8, 4) is 5.75 Å². The number of ether oxygens (including phenoxy) is 1. The predicted molar refractivity (Wildman–Crippen MR) is 59.2 cm³/mol. The first kappa shape index (κ1) is 13.9. The van der Waals surface area contributed by atoms with E-state index in [1.54, 1.807) is 0 Å². The zero-order valence-electron chi connectivity index (χ0n) is 9.85. The summed E-state index contributed by atoms with van der Waals surface area (Å²) in [6.45, 7) is -0.109. The number of carbonyl (C=O) groups is 1. The number of benzene rings is 1. The predicted octanol–water partition coefficient (Wildman–Crippen LogP) is 2.97. The van der Waals surface area contributed by atoms with Gasteiger partial charge in [-0.15, -0.1) is 0 Å². The first-order chi connectivity index (χ1) is 9.36. The number of hydrogen-bond acceptors (Lipinski definition) is 4. The van der Waals surface area contributed by atoms with Crippen molar-refractivity contribution in [1.29, 1.82) is 0 Å². The maximum absolute atomic E-state index is 12.3. The highest BCUT2D eigenvalue weighted by Crippen LogP contribution is 2.30. The minimum absolute atomic E-state index is 0.109. The lowest BCUT2D eigenvalue weighted by molar-refractivity contribution is -0.137. The number of nitrogens with zero attached hydrogens (tertiary/aromatic N) is 1. The van der Waals surface area contributed by atoms with Crippen molar-refractivity contribution in [2.45, 2.75) is 12.8 Å². The zero-order chi connectivity index (χ0) is 14.8. The highest BCUT2D eigenvalue weighted by atomic mass is 19.4. The Labute approximate surface area is 110 Å². The number of halogens is 3. The number of rotatable bonds is 4. The van der Waals surface area contributed by atoms with E-state index < -0.39 is 17.7 Å². The molecule has 106 valence electrons. The molecule has 1 heterocycles. The molecular weight excluding hydrogens is 279 g/mol. The average molecular weight is 287 g/mol. The van der Waals surface area contributed by atoms with Crippen LogP contribution in [-0.2, 0) is 12.8 Å². The van der Waals surface area contributed by atoms with Gasteiger partial charge in [-0.25, -0.2) is 4.79 Å². The van der Waals surface area contributed by atoms with Gasteiger partial charge in [0.05, 0.1) is 5.56 Å². The van der Waals surface area contributed by atoms with Crippen molar-refractivity contribution >= 4 is 5.97 Å². The van der Waals surface area contributed by atoms with Gasteiger partial charge in [-0.1, -0.05) is 5.16 Å². The van der Waals surface area contributed by atoms with E-state index in [9.17, 15) is 18.0 Å². The van der Waals surface area contributed by atoms with Crippen LogP contribution in [-0.4, -0.2) is 16.2 Å². The third-order valence-electron chi connectivity index (χ3n) is 2.34. The molecule has 2 rings (SSSR count). The van der Waals surface area contributed by atoms with Gasteiger partial charge < -0.3 is 14.4 Å². The molecule has 8 heteroatoms. The Morgan fingerprint density at radius 2 is 1.95 bits per heavy atom. The van der Waals surface area contributed by atoms with E-state index in [1.165, 1.54) is 18.2 Å². The lowest BCUT2D eigenvalue weighted by atomic mass is 10.2. The average Bonchev–Trinajstić information content (AvgIpc) is 2.85. The SMILES string of the molecule is O=C(O)c1cc(COc2ccc(C(F)(F)F)cc2)no1. The van der Waals surface area contributed by atoms with Gasteiger partial charge in [-0.2, -0.15) is 13.2 Å². The van der Waals surface area contributed by atoms with Crippen LogP contribution in [0.1, 0.15) is 21.8 Å². The summed E-state index contributed by atoms with van der Waals surface area (Å²) in [5.41, 5.74) is -0.554. The van der Waals surface area contributed by atoms with Gasteiger partial charge in [0.1, 0.15) is 18.1 Å². The molecule has 0 atom stereocenters. The van der Waals surface area contributed by atoms with Crippen molar-refractivity contribution in [2.75, 3.05) is 0 Å². The fourth-order valence-corrected chi connectivity index (χ4v) is 1.38. The molecule has 5 nitrogen and oxygen atoms in total. The third-order valence-corrected chi connectivity index (χ3v) is 2.34. The molecule has 0 fully saturated rings. The molecule has 0 saturated carbocycles. The van der Waals surface area contributed by atoms with Crippen LogP contribution in [0.4, 0.5) is 13.2 Å². The van der Waals surface area contributed by atoms with Gasteiger partial charge in [0, 0.05) is 6.07 Å². The largest absolute Gasteiger partial charge is 0.487 e. The van der Waals surface area contributed by atoms with Crippen LogP contribution in [0.25, 0.3) is 0 Å². The Hall–Kier alpha value is -2.51. The smallest absolute Gasteiger partial charge is 0.416 e. The summed E-state index contributed by atoms with van der Waals surface area (Å²) in [5, 5.41) is 12.1. The molecule has 0 aliphatic rings. The van der Waals surface area contributed by atoms with Crippen molar-refractivity contribution in [3.05, 3.63) is 47.3 Å². The van der Waals surface area contributed by atoms with Crippen LogP contribution in [0.3, 0.4) is 0 Å². The van der Waals surface area contributed by atoms with Gasteiger partial charge in [0.15, 0.2) is 0 Å². The molecular formula is C12H8F3NO4. The van der Waals surface area contributed by atoms with Crippen LogP contribution in [0, 0.1) is 0 Å². The molecule has 1 aromatic carbocycles. The number of carboxylic acids is 1. The Morgan fingerprint density at radius 3 is 2.45 bits per heavy atom. The molecule has 1 N–H and O–H groups in total. The maximum Gasteiger partial charge on any atom is 0.416 e. The topological polar surface area (TPSA) is 72.6 Å². The normalized spacial score (nSPS) is 11.3. The molecule has 0 amide bonds. The zero-order valence-corrected chi connectivity index (χ0v) is 9.85. The summed E-state index contributed by atoms with van der Waals surface area (Å²) in [6, 6.07) is 5.29. The first-order valence-corrected chi connectivity index (χ1v) is 5.35. The summed E-state index contributed by atoms with van der Waals surface area (Å²) in [6.07, 6.45) is -4.40. The van der Waals surface area contributed by atoms with Crippen LogP contribution >= 0.6 is 0 Å². The minimum Gasteiger partial charge on any atom is -0.487 e. The quantitative estimate of drug-likeness (QED) is 0.935. The van der Waals surface area contributed by atoms with E-state index in [2.05, 4.69) is 9.68 Å². The Morgan fingerprint density at radius 1 is 1.30 bits per heavy atom. The number of hydrogen-bond donors (Lipinski definition) is 1. The maximum atomic E-state index is 12.3. The molecule has 0 unspecified atom stereocenters. The number of aromatic carboxylic acids is 1. The molecule has 0 radical (unpaired) electrons. The van der Waals surface area contributed by atoms with Gasteiger partial charge in [-0.3, -0.25) is 0 Å². The molecule has 1 aromatic heterocycles. The molecule has 20 heavy (non-hydrogen) atoms. The second-order valence-corrected chi connectivity index (χ2v) is 3.80. The van der Waals surface area contributed by atoms with E-state index in [0.717, 1.165) is 12.1 Å². The number of alkyl halides is 3. The van der Waals surface area contributed by atoms with Crippen molar-refractivity contribution < 1.29 is 32.3 Å². The fourth-order valence-electron chi connectivity index (χ4n) is 1.38. The molecule has 0 aliphatic heterocycles. The first-order valence-electron chi connectivity index (χ1n) is 5.35. The Kier molecular flexibility index (Phi) is 3.64. The summed E-state index contributed by atoms with van der Waals surface area (Å²) < 4.78 is 46.7. The lowest BCUT2D eigenvalue weighted by Gasteiger charge is -2.08. The van der Waals surface area contributed by atoms with Gasteiger partial charge in [0.25, 0.3) is 0 Å². The standard InChI is InChI=1S/C12H8F3NO4/c13-12(14,15)7-1-3-9(4-2-7)19-6-8-5-10(11(17)18)20-16-8/h1-5H,6H2,(H,17,18). The monoisotopic (exact) mass is 287 g/mol. The third kappa shape index (κ3) is 3.28. The Balaban J connectivity index is 1.98. The number of carboxylic acid groups (broad SMARTS) is 1. The molecule has 0 bridgehead atoms. The Bertz CT molecular complexity index is 604. The van der Waals surface area contributed by atoms with Crippen LogP contribution in [0.2, 0.25) is 0 Å². The van der Waals surface area contributed by atoms with Gasteiger partial charge in [-0.05, 0) is 24.3 Å². The summed E-state index contributed by atoms with van der Waals surface area (Å²) in [7, 11) is 0. The van der Waals surface area contributed by atoms with Crippen LogP contribution in [0.5, 0.6) is 5.75 Å². The van der Waals surface area contributed by atoms with Crippen molar-refractivity contribution in [2.24, 2.45) is 0 Å². The van der Waals surface area contributed by atoms with Crippen LogP contribution < -0.4 is 4.74 Å². The molecule has 2 aromatic rings. The second-order valence-electron chi connectivity index (χ2n) is 3.80. The van der Waals surface area contributed by atoms with Crippen molar-refractivity contribution in [1.82, 2.24) is 5.16 Å². The lowest BCUT2D eigenvalue weighted by Crippen LogP contribution is -2.04. The van der Waals surface area contributed by atoms with E-state index in [0.29, 0.717) is 0 Å². The van der Waals surface area contributed by atoms with E-state index in [1.807, 2.05) is 0 Å². The van der Waals surface area contributed by atoms with E-state index in [4.69, 9.17) is 9.84 Å². The van der Waals surface area contributed by atoms with Crippen LogP contribution in [0.15, 0.2) is 34.9 Å². The molecule has 0 aliphatic carbocycles. The second kappa shape index (κ2) is 5.24. The summed E-state index contributed by atoms with van der Waals surface area (Å²) in [5.74, 6) is -1.40.